The summed E-state index contributed by atoms with van der Waals surface area (Å²) < 4.78 is 0. The molecule has 172 valence electrons. The van der Waals surface area contributed by atoms with E-state index in [4.69, 9.17) is 0 Å². The van der Waals surface area contributed by atoms with Crippen LogP contribution in [0.3, 0.4) is 0 Å². The molecule has 4 rings (SSSR count). The van der Waals surface area contributed by atoms with Crippen molar-refractivity contribution in [3.05, 3.63) is 0 Å². The molecule has 4 saturated carbocycles. The molecule has 4 aliphatic rings. The summed E-state index contributed by atoms with van der Waals surface area (Å²) in [6.45, 7) is 9.26. The molecular formula is C27H46O3. The summed E-state index contributed by atoms with van der Waals surface area (Å²) in [5, 5.41) is 20.5. The van der Waals surface area contributed by atoms with Gasteiger partial charge in [0.15, 0.2) is 0 Å². The first-order valence-electron chi connectivity index (χ1n) is 13.0. The highest BCUT2D eigenvalue weighted by Gasteiger charge is 2.62. The van der Waals surface area contributed by atoms with Gasteiger partial charge in [0, 0.05) is 18.9 Å². The number of aliphatic hydroxyl groups excluding tert-OH is 2. The van der Waals surface area contributed by atoms with E-state index < -0.39 is 0 Å². The van der Waals surface area contributed by atoms with Crippen molar-refractivity contribution in [2.24, 2.45) is 52.3 Å². The van der Waals surface area contributed by atoms with Crippen LogP contribution in [0.2, 0.25) is 0 Å². The van der Waals surface area contributed by atoms with Crippen LogP contribution < -0.4 is 0 Å². The van der Waals surface area contributed by atoms with Crippen LogP contribution in [0, 0.1) is 52.3 Å². The van der Waals surface area contributed by atoms with Gasteiger partial charge in [-0.2, -0.15) is 0 Å². The minimum Gasteiger partial charge on any atom is -0.396 e. The Balaban J connectivity index is 1.51. The summed E-state index contributed by atoms with van der Waals surface area (Å²) in [5.74, 6) is 3.61. The van der Waals surface area contributed by atoms with Crippen LogP contribution >= 0.6 is 0 Å². The SMILES string of the molecule is CC(CO)CCC(=O)[C@@H](C)[C@H]1C(O)C[C@H]2[C@@H]3CCC4CCCC[C@]4(C)[C@H]3CC[C@]12C. The fraction of sp³-hybridized carbons (Fsp3) is 0.963. The molecule has 4 fully saturated rings. The maximum atomic E-state index is 13.0. The van der Waals surface area contributed by atoms with E-state index in [1.54, 1.807) is 0 Å². The molecule has 0 spiro atoms. The van der Waals surface area contributed by atoms with Crippen LogP contribution in [0.15, 0.2) is 0 Å². The van der Waals surface area contributed by atoms with Crippen molar-refractivity contribution in [3.8, 4) is 0 Å². The van der Waals surface area contributed by atoms with Crippen LogP contribution in [-0.2, 0) is 4.79 Å². The Morgan fingerprint density at radius 2 is 1.77 bits per heavy atom. The van der Waals surface area contributed by atoms with Gasteiger partial charge in [0.2, 0.25) is 0 Å². The number of rotatable bonds is 6. The molecule has 0 bridgehead atoms. The Hall–Kier alpha value is -0.410. The molecule has 0 aliphatic heterocycles. The van der Waals surface area contributed by atoms with E-state index in [0.717, 1.165) is 30.6 Å². The number of fused-ring (bicyclic) bond motifs is 5. The van der Waals surface area contributed by atoms with Crippen LogP contribution in [0.5, 0.6) is 0 Å². The summed E-state index contributed by atoms with van der Waals surface area (Å²) in [4.78, 5) is 13.0. The highest BCUT2D eigenvalue weighted by Crippen LogP contribution is 2.68. The van der Waals surface area contributed by atoms with Crippen LogP contribution in [0.4, 0.5) is 0 Å². The summed E-state index contributed by atoms with van der Waals surface area (Å²) in [7, 11) is 0. The molecule has 3 unspecified atom stereocenters. The highest BCUT2D eigenvalue weighted by molar-refractivity contribution is 5.81. The Morgan fingerprint density at radius 1 is 1.00 bits per heavy atom. The quantitative estimate of drug-likeness (QED) is 0.588. The normalized spacial score (nSPS) is 47.7. The molecule has 4 aliphatic carbocycles. The summed E-state index contributed by atoms with van der Waals surface area (Å²) in [5.41, 5.74) is 0.628. The van der Waals surface area contributed by atoms with E-state index in [2.05, 4.69) is 20.8 Å². The number of carbonyl (C=O) groups excluding carboxylic acids is 1. The number of hydrogen-bond acceptors (Lipinski definition) is 3. The third-order valence-electron chi connectivity index (χ3n) is 10.9. The predicted molar refractivity (Wildman–Crippen MR) is 121 cm³/mol. The Kier molecular flexibility index (Phi) is 6.45. The average molecular weight is 419 g/mol. The lowest BCUT2D eigenvalue weighted by Crippen LogP contribution is -2.53. The zero-order valence-corrected chi connectivity index (χ0v) is 19.9. The molecule has 0 heterocycles. The third kappa shape index (κ3) is 3.60. The van der Waals surface area contributed by atoms with Gasteiger partial charge in [-0.25, -0.2) is 0 Å². The second-order valence-electron chi connectivity index (χ2n) is 12.4. The molecule has 30 heavy (non-hydrogen) atoms. The molecule has 0 radical (unpaired) electrons. The number of ketones is 1. The van der Waals surface area contributed by atoms with E-state index in [0.29, 0.717) is 23.5 Å². The van der Waals surface area contributed by atoms with Crippen molar-refractivity contribution in [2.45, 2.75) is 104 Å². The first-order chi connectivity index (χ1) is 14.2. The van der Waals surface area contributed by atoms with Gasteiger partial charge in [0.25, 0.3) is 0 Å². The molecule has 0 aromatic carbocycles. The summed E-state index contributed by atoms with van der Waals surface area (Å²) in [6, 6.07) is 0. The molecule has 3 nitrogen and oxygen atoms in total. The molecule has 0 saturated heterocycles. The fourth-order valence-electron chi connectivity index (χ4n) is 9.16. The molecule has 3 heteroatoms. The van der Waals surface area contributed by atoms with E-state index >= 15 is 0 Å². The van der Waals surface area contributed by atoms with Crippen molar-refractivity contribution in [2.75, 3.05) is 6.61 Å². The summed E-state index contributed by atoms with van der Waals surface area (Å²) >= 11 is 0. The van der Waals surface area contributed by atoms with Crippen molar-refractivity contribution in [3.63, 3.8) is 0 Å². The van der Waals surface area contributed by atoms with Crippen LogP contribution in [0.25, 0.3) is 0 Å². The van der Waals surface area contributed by atoms with Gasteiger partial charge < -0.3 is 10.2 Å². The monoisotopic (exact) mass is 418 g/mol. The van der Waals surface area contributed by atoms with Crippen LogP contribution in [-0.4, -0.2) is 28.7 Å². The zero-order chi connectivity index (χ0) is 21.7. The third-order valence-corrected chi connectivity index (χ3v) is 10.9. The lowest BCUT2D eigenvalue weighted by molar-refractivity contribution is -0.134. The van der Waals surface area contributed by atoms with Gasteiger partial charge in [-0.1, -0.05) is 40.5 Å². The number of Topliss-reactive ketones (excluding diaryl/α,β-unsaturated/α-hetero) is 1. The van der Waals surface area contributed by atoms with E-state index in [-0.39, 0.29) is 35.9 Å². The Labute approximate surface area is 184 Å². The lowest BCUT2D eigenvalue weighted by Gasteiger charge is -2.60. The van der Waals surface area contributed by atoms with Gasteiger partial charge in [-0.3, -0.25) is 4.79 Å². The maximum absolute atomic E-state index is 13.0. The summed E-state index contributed by atoms with van der Waals surface area (Å²) in [6.07, 6.45) is 12.8. The minimum atomic E-state index is -0.329. The smallest absolute Gasteiger partial charge is 0.136 e. The average Bonchev–Trinajstić information content (AvgIpc) is 3.00. The van der Waals surface area contributed by atoms with E-state index in [1.165, 1.54) is 51.4 Å². The number of aliphatic hydroxyl groups is 2. The first kappa shape index (κ1) is 22.8. The molecular weight excluding hydrogens is 372 g/mol. The molecule has 0 aromatic heterocycles. The molecule has 0 amide bonds. The van der Waals surface area contributed by atoms with Gasteiger partial charge in [0.05, 0.1) is 6.10 Å². The maximum Gasteiger partial charge on any atom is 0.136 e. The Bertz CT molecular complexity index is 632. The fourth-order valence-corrected chi connectivity index (χ4v) is 9.16. The van der Waals surface area contributed by atoms with Gasteiger partial charge in [0.1, 0.15) is 5.78 Å². The minimum absolute atomic E-state index is 0.0703. The van der Waals surface area contributed by atoms with Crippen molar-refractivity contribution < 1.29 is 15.0 Å². The standard InChI is InChI=1S/C27H46O3/c1-17(16-28)8-11-23(29)18(2)25-24(30)15-22-20-10-9-19-7-5-6-13-26(19,3)21(20)12-14-27(22,25)4/h17-22,24-25,28,30H,5-16H2,1-4H3/t17?,18-,19?,20-,21+,22+,24?,25+,26+,27+/m1/s1. The second-order valence-corrected chi connectivity index (χ2v) is 12.4. The molecule has 10 atom stereocenters. The molecule has 2 N–H and O–H groups in total. The van der Waals surface area contributed by atoms with Crippen molar-refractivity contribution >= 4 is 5.78 Å². The van der Waals surface area contributed by atoms with Crippen molar-refractivity contribution in [1.82, 2.24) is 0 Å². The predicted octanol–water partition coefficient (Wildman–Crippen LogP) is 5.62. The largest absolute Gasteiger partial charge is 0.396 e. The lowest BCUT2D eigenvalue weighted by atomic mass is 9.44. The molecule has 0 aromatic rings. The van der Waals surface area contributed by atoms with E-state index in [1.807, 2.05) is 6.92 Å². The number of carbonyl (C=O) groups is 1. The Morgan fingerprint density at radius 3 is 2.50 bits per heavy atom. The van der Waals surface area contributed by atoms with E-state index in [9.17, 15) is 15.0 Å². The first-order valence-corrected chi connectivity index (χ1v) is 13.0. The van der Waals surface area contributed by atoms with Crippen molar-refractivity contribution in [1.29, 1.82) is 0 Å². The second kappa shape index (κ2) is 8.50. The van der Waals surface area contributed by atoms with Gasteiger partial charge in [-0.15, -0.1) is 0 Å². The van der Waals surface area contributed by atoms with Gasteiger partial charge >= 0.3 is 0 Å². The number of hydrogen-bond donors (Lipinski definition) is 2. The van der Waals surface area contributed by atoms with Crippen LogP contribution in [0.1, 0.15) is 98.3 Å². The van der Waals surface area contributed by atoms with Gasteiger partial charge in [-0.05, 0) is 97.7 Å². The topological polar surface area (TPSA) is 57.5 Å². The highest BCUT2D eigenvalue weighted by atomic mass is 16.3. The zero-order valence-electron chi connectivity index (χ0n) is 19.9.